The minimum absolute atomic E-state index is 0.110. The molecule has 2 N–H and O–H groups in total. The number of thiophene rings is 1. The van der Waals surface area contributed by atoms with Crippen molar-refractivity contribution in [2.24, 2.45) is 0 Å². The summed E-state index contributed by atoms with van der Waals surface area (Å²) in [5.41, 5.74) is 0. The van der Waals surface area contributed by atoms with Crippen LogP contribution in [0, 0.1) is 0 Å². The maximum Gasteiger partial charge on any atom is 0.251 e. The molecule has 1 unspecified atom stereocenters. The molecule has 86 valence electrons. The molecule has 0 spiro atoms. The van der Waals surface area contributed by atoms with E-state index in [1.54, 1.807) is 18.5 Å². The zero-order chi connectivity index (χ0) is 11.5. The Bertz CT molecular complexity index is 416. The van der Waals surface area contributed by atoms with Gasteiger partial charge in [0, 0.05) is 17.1 Å². The molecule has 1 atom stereocenters. The Labute approximate surface area is 102 Å². The molecule has 0 radical (unpaired) electrons. The summed E-state index contributed by atoms with van der Waals surface area (Å²) in [6.07, 6.45) is 0. The largest absolute Gasteiger partial charge is 0.316 e. The van der Waals surface area contributed by atoms with Gasteiger partial charge in [0.25, 0.3) is 10.0 Å². The molecule has 0 saturated carbocycles. The summed E-state index contributed by atoms with van der Waals surface area (Å²) in [7, 11) is -1.58. The molecule has 0 aliphatic carbocycles. The second-order valence-electron chi connectivity index (χ2n) is 3.10. The summed E-state index contributed by atoms with van der Waals surface area (Å²) in [5.74, 6) is 0. The summed E-state index contributed by atoms with van der Waals surface area (Å²) in [4.78, 5) is 0. The van der Waals surface area contributed by atoms with Crippen LogP contribution in [0.5, 0.6) is 0 Å². The van der Waals surface area contributed by atoms with Gasteiger partial charge in [0.2, 0.25) is 0 Å². The number of rotatable bonds is 5. The Morgan fingerprint density at radius 2 is 2.27 bits per heavy atom. The van der Waals surface area contributed by atoms with Crippen molar-refractivity contribution in [3.05, 3.63) is 15.9 Å². The molecule has 7 heteroatoms. The van der Waals surface area contributed by atoms with E-state index < -0.39 is 10.0 Å². The minimum atomic E-state index is -3.37. The van der Waals surface area contributed by atoms with Gasteiger partial charge in [-0.2, -0.15) is 0 Å². The van der Waals surface area contributed by atoms with Crippen LogP contribution in [-0.2, 0) is 10.0 Å². The van der Waals surface area contributed by atoms with E-state index >= 15 is 0 Å². The van der Waals surface area contributed by atoms with Crippen molar-refractivity contribution in [1.29, 1.82) is 0 Å². The first-order valence-electron chi connectivity index (χ1n) is 4.37. The van der Waals surface area contributed by atoms with Gasteiger partial charge < -0.3 is 5.32 Å². The average molecular weight is 313 g/mol. The Kier molecular flexibility index (Phi) is 4.72. The van der Waals surface area contributed by atoms with Gasteiger partial charge in [0.1, 0.15) is 4.21 Å². The molecule has 0 aliphatic heterocycles. The summed E-state index contributed by atoms with van der Waals surface area (Å²) in [5, 5.41) is 4.70. The van der Waals surface area contributed by atoms with Crippen LogP contribution in [-0.4, -0.2) is 28.1 Å². The van der Waals surface area contributed by atoms with Crippen LogP contribution < -0.4 is 10.0 Å². The zero-order valence-electron chi connectivity index (χ0n) is 8.45. The van der Waals surface area contributed by atoms with Gasteiger partial charge in [-0.05, 0) is 41.3 Å². The first-order valence-corrected chi connectivity index (χ1v) is 7.53. The molecule has 0 aromatic carbocycles. The molecule has 1 aromatic heterocycles. The van der Waals surface area contributed by atoms with Crippen LogP contribution in [0.25, 0.3) is 0 Å². The first-order chi connectivity index (χ1) is 6.97. The van der Waals surface area contributed by atoms with Gasteiger partial charge in [-0.15, -0.1) is 11.3 Å². The van der Waals surface area contributed by atoms with Crippen molar-refractivity contribution < 1.29 is 8.42 Å². The van der Waals surface area contributed by atoms with Crippen molar-refractivity contribution in [1.82, 2.24) is 10.0 Å². The molecule has 1 rings (SSSR count). The summed E-state index contributed by atoms with van der Waals surface area (Å²) < 4.78 is 27.0. The van der Waals surface area contributed by atoms with Gasteiger partial charge in [0.15, 0.2) is 0 Å². The highest BCUT2D eigenvalue weighted by atomic mass is 79.9. The average Bonchev–Trinajstić information content (AvgIpc) is 2.61. The Morgan fingerprint density at radius 1 is 1.60 bits per heavy atom. The molecule has 0 bridgehead atoms. The van der Waals surface area contributed by atoms with Gasteiger partial charge in [-0.3, -0.25) is 0 Å². The molecule has 0 fully saturated rings. The lowest BCUT2D eigenvalue weighted by Gasteiger charge is -2.11. The van der Waals surface area contributed by atoms with E-state index in [0.717, 1.165) is 0 Å². The number of halogens is 1. The SMILES string of the molecule is CNC(C)CNS(=O)(=O)c1sccc1Br. The fourth-order valence-electron chi connectivity index (χ4n) is 0.874. The third-order valence-electron chi connectivity index (χ3n) is 1.90. The third-order valence-corrected chi connectivity index (χ3v) is 5.99. The highest BCUT2D eigenvalue weighted by Crippen LogP contribution is 2.27. The molecule has 1 aromatic rings. The van der Waals surface area contributed by atoms with E-state index in [1.807, 2.05) is 6.92 Å². The van der Waals surface area contributed by atoms with Crippen molar-refractivity contribution in [2.75, 3.05) is 13.6 Å². The van der Waals surface area contributed by atoms with Gasteiger partial charge in [-0.25, -0.2) is 13.1 Å². The van der Waals surface area contributed by atoms with Crippen LogP contribution in [0.4, 0.5) is 0 Å². The molecule has 4 nitrogen and oxygen atoms in total. The highest BCUT2D eigenvalue weighted by Gasteiger charge is 2.19. The number of hydrogen-bond donors (Lipinski definition) is 2. The summed E-state index contributed by atoms with van der Waals surface area (Å²) >= 11 is 4.40. The summed E-state index contributed by atoms with van der Waals surface area (Å²) in [6.45, 7) is 2.29. The van der Waals surface area contributed by atoms with Gasteiger partial charge >= 0.3 is 0 Å². The highest BCUT2D eigenvalue weighted by molar-refractivity contribution is 9.10. The van der Waals surface area contributed by atoms with Crippen LogP contribution in [0.2, 0.25) is 0 Å². The second-order valence-corrected chi connectivity index (χ2v) is 6.83. The van der Waals surface area contributed by atoms with E-state index in [2.05, 4.69) is 26.0 Å². The smallest absolute Gasteiger partial charge is 0.251 e. The normalized spacial score (nSPS) is 14.1. The maximum absolute atomic E-state index is 11.8. The Hall–Kier alpha value is 0.0500. The molecular formula is C8H13BrN2O2S2. The number of nitrogens with one attached hydrogen (secondary N) is 2. The maximum atomic E-state index is 11.8. The fraction of sp³-hybridized carbons (Fsp3) is 0.500. The standard InChI is InChI=1S/C8H13BrN2O2S2/c1-6(10-2)5-11-15(12,13)8-7(9)3-4-14-8/h3-4,6,10-11H,5H2,1-2H3. The van der Waals surface area contributed by atoms with E-state index in [-0.39, 0.29) is 6.04 Å². The molecule has 0 saturated heterocycles. The Balaban J connectivity index is 2.73. The van der Waals surface area contributed by atoms with Crippen LogP contribution in [0.1, 0.15) is 6.92 Å². The van der Waals surface area contributed by atoms with Gasteiger partial charge in [-0.1, -0.05) is 0 Å². The van der Waals surface area contributed by atoms with Crippen molar-refractivity contribution >= 4 is 37.3 Å². The lowest BCUT2D eigenvalue weighted by Crippen LogP contribution is -2.36. The monoisotopic (exact) mass is 312 g/mol. The summed E-state index contributed by atoms with van der Waals surface area (Å²) in [6, 6.07) is 1.83. The van der Waals surface area contributed by atoms with Crippen molar-refractivity contribution in [3.63, 3.8) is 0 Å². The quantitative estimate of drug-likeness (QED) is 0.864. The zero-order valence-corrected chi connectivity index (χ0v) is 11.7. The predicted octanol–water partition coefficient (Wildman–Crippen LogP) is 1.40. The first kappa shape index (κ1) is 13.1. The van der Waals surface area contributed by atoms with E-state index in [4.69, 9.17) is 0 Å². The molecule has 1 heterocycles. The van der Waals surface area contributed by atoms with Crippen LogP contribution >= 0.6 is 27.3 Å². The van der Waals surface area contributed by atoms with Crippen molar-refractivity contribution in [2.45, 2.75) is 17.2 Å². The predicted molar refractivity (Wildman–Crippen MR) is 65.7 cm³/mol. The molecule has 0 aliphatic rings. The topological polar surface area (TPSA) is 58.2 Å². The molecular weight excluding hydrogens is 300 g/mol. The second kappa shape index (κ2) is 5.40. The fourth-order valence-corrected chi connectivity index (χ4v) is 4.38. The lowest BCUT2D eigenvalue weighted by molar-refractivity contribution is 0.555. The van der Waals surface area contributed by atoms with E-state index in [9.17, 15) is 8.42 Å². The molecule has 15 heavy (non-hydrogen) atoms. The number of hydrogen-bond acceptors (Lipinski definition) is 4. The lowest BCUT2D eigenvalue weighted by atomic mass is 10.4. The van der Waals surface area contributed by atoms with E-state index in [1.165, 1.54) is 11.3 Å². The van der Waals surface area contributed by atoms with Crippen LogP contribution in [0.3, 0.4) is 0 Å². The minimum Gasteiger partial charge on any atom is -0.316 e. The van der Waals surface area contributed by atoms with Crippen molar-refractivity contribution in [3.8, 4) is 0 Å². The van der Waals surface area contributed by atoms with Crippen LogP contribution in [0.15, 0.2) is 20.1 Å². The number of sulfonamides is 1. The number of likely N-dealkylation sites (N-methyl/N-ethyl adjacent to an activating group) is 1. The van der Waals surface area contributed by atoms with Gasteiger partial charge in [0.05, 0.1) is 0 Å². The molecule has 0 amide bonds. The Morgan fingerprint density at radius 3 is 2.73 bits per heavy atom. The third kappa shape index (κ3) is 3.53. The van der Waals surface area contributed by atoms with E-state index in [0.29, 0.717) is 15.2 Å².